The van der Waals surface area contributed by atoms with Gasteiger partial charge in [0.25, 0.3) is 11.7 Å². The molecule has 2 aromatic carbocycles. The summed E-state index contributed by atoms with van der Waals surface area (Å²) < 4.78 is 16.5. The Bertz CT molecular complexity index is 1380. The molecule has 9 heteroatoms. The highest BCUT2D eigenvalue weighted by molar-refractivity contribution is 6.51. The van der Waals surface area contributed by atoms with Crippen LogP contribution in [0.25, 0.3) is 5.76 Å². The van der Waals surface area contributed by atoms with Gasteiger partial charge in [-0.2, -0.15) is 0 Å². The van der Waals surface area contributed by atoms with Crippen LogP contribution in [0.5, 0.6) is 11.5 Å². The van der Waals surface area contributed by atoms with Crippen LogP contribution in [0.4, 0.5) is 5.69 Å². The maximum absolute atomic E-state index is 13.4. The Kier molecular flexibility index (Phi) is 8.60. The number of nitrogens with zero attached hydrogens (tertiary/aromatic N) is 2. The molecule has 0 radical (unpaired) electrons. The molecule has 1 aromatic heterocycles. The SMILES string of the molecule is CCCOC(=O)c1ccc(N2C(=O)C(=O)/C(=C(\O)c3ccc(OCC)cc3OCC)C2c2ccccn2)cc1. The van der Waals surface area contributed by atoms with Gasteiger partial charge in [-0.15, -0.1) is 0 Å². The number of carbonyl (C=O) groups is 3. The number of rotatable bonds is 10. The number of aliphatic hydroxyl groups is 1. The topological polar surface area (TPSA) is 115 Å². The summed E-state index contributed by atoms with van der Waals surface area (Å²) in [6.45, 7) is 6.59. The highest BCUT2D eigenvalue weighted by Crippen LogP contribution is 2.43. The normalized spacial score (nSPS) is 16.3. The minimum atomic E-state index is -1.02. The molecule has 1 N–H and O–H groups in total. The maximum atomic E-state index is 13.4. The second-order valence-electron chi connectivity index (χ2n) is 8.63. The van der Waals surface area contributed by atoms with Crippen LogP contribution < -0.4 is 14.4 Å². The Morgan fingerprint density at radius 2 is 1.72 bits per heavy atom. The van der Waals surface area contributed by atoms with Crippen LogP contribution in [0.1, 0.15) is 54.8 Å². The van der Waals surface area contributed by atoms with E-state index >= 15 is 0 Å². The van der Waals surface area contributed by atoms with Crippen LogP contribution in [0.15, 0.2) is 72.4 Å². The number of aromatic nitrogens is 1. The summed E-state index contributed by atoms with van der Waals surface area (Å²) >= 11 is 0. The number of hydrogen-bond acceptors (Lipinski definition) is 8. The molecule has 0 spiro atoms. The van der Waals surface area contributed by atoms with Crippen LogP contribution in [-0.4, -0.2) is 47.6 Å². The number of benzene rings is 2. The van der Waals surface area contributed by atoms with E-state index in [1.807, 2.05) is 13.8 Å². The van der Waals surface area contributed by atoms with Gasteiger partial charge >= 0.3 is 5.97 Å². The van der Waals surface area contributed by atoms with E-state index in [-0.39, 0.29) is 11.1 Å². The fourth-order valence-corrected chi connectivity index (χ4v) is 4.33. The second-order valence-corrected chi connectivity index (χ2v) is 8.63. The second kappa shape index (κ2) is 12.3. The van der Waals surface area contributed by atoms with Gasteiger partial charge in [-0.05, 0) is 68.8 Å². The lowest BCUT2D eigenvalue weighted by Crippen LogP contribution is -2.29. The molecule has 4 rings (SSSR count). The zero-order valence-corrected chi connectivity index (χ0v) is 22.0. The van der Waals surface area contributed by atoms with Crippen molar-refractivity contribution in [2.75, 3.05) is 24.7 Å². The Morgan fingerprint density at radius 1 is 0.974 bits per heavy atom. The highest BCUT2D eigenvalue weighted by Gasteiger charge is 2.48. The minimum Gasteiger partial charge on any atom is -0.507 e. The molecule has 1 fully saturated rings. The van der Waals surface area contributed by atoms with Gasteiger partial charge in [-0.3, -0.25) is 19.5 Å². The first kappa shape index (κ1) is 27.4. The van der Waals surface area contributed by atoms with E-state index in [1.54, 1.807) is 61.7 Å². The van der Waals surface area contributed by atoms with Gasteiger partial charge in [0, 0.05) is 18.0 Å². The smallest absolute Gasteiger partial charge is 0.338 e. The molecule has 202 valence electrons. The largest absolute Gasteiger partial charge is 0.507 e. The standard InChI is InChI=1S/C30H30N2O7/c1-4-17-39-30(36)19-10-12-20(13-11-19)32-26(23-9-7-8-16-31-23)25(28(34)29(32)35)27(33)22-15-14-21(37-5-2)18-24(22)38-6-3/h7-16,18,26,33H,4-6,17H2,1-3H3/b27-25-. The van der Waals surface area contributed by atoms with Crippen molar-refractivity contribution < 1.29 is 33.7 Å². The number of Topliss-reactive ketones (excluding diaryl/α,β-unsaturated/α-hetero) is 1. The predicted octanol–water partition coefficient (Wildman–Crippen LogP) is 5.07. The summed E-state index contributed by atoms with van der Waals surface area (Å²) in [6, 6.07) is 15.2. The third-order valence-electron chi connectivity index (χ3n) is 6.05. The molecule has 9 nitrogen and oxygen atoms in total. The summed E-state index contributed by atoms with van der Waals surface area (Å²) in [5.74, 6) is -1.73. The fraction of sp³-hybridized carbons (Fsp3) is 0.267. The molecule has 1 atom stereocenters. The average molecular weight is 531 g/mol. The third-order valence-corrected chi connectivity index (χ3v) is 6.05. The van der Waals surface area contributed by atoms with Crippen molar-refractivity contribution in [3.63, 3.8) is 0 Å². The first-order valence-electron chi connectivity index (χ1n) is 12.8. The fourth-order valence-electron chi connectivity index (χ4n) is 4.33. The molecule has 1 aliphatic rings. The Morgan fingerprint density at radius 3 is 2.36 bits per heavy atom. The quantitative estimate of drug-likeness (QED) is 0.167. The molecule has 1 aliphatic heterocycles. The van der Waals surface area contributed by atoms with Crippen molar-refractivity contribution in [1.82, 2.24) is 4.98 Å². The van der Waals surface area contributed by atoms with Crippen molar-refractivity contribution in [3.8, 4) is 11.5 Å². The van der Waals surface area contributed by atoms with Crippen molar-refractivity contribution in [1.29, 1.82) is 0 Å². The molecule has 1 unspecified atom stereocenters. The van der Waals surface area contributed by atoms with Gasteiger partial charge in [-0.1, -0.05) is 13.0 Å². The van der Waals surface area contributed by atoms with E-state index in [1.165, 1.54) is 17.0 Å². The molecule has 1 amide bonds. The van der Waals surface area contributed by atoms with Crippen LogP contribution in [0.2, 0.25) is 0 Å². The van der Waals surface area contributed by atoms with Gasteiger partial charge in [-0.25, -0.2) is 4.79 Å². The van der Waals surface area contributed by atoms with E-state index in [0.29, 0.717) is 54.7 Å². The van der Waals surface area contributed by atoms with Crippen molar-refractivity contribution in [2.45, 2.75) is 33.2 Å². The van der Waals surface area contributed by atoms with Gasteiger partial charge in [0.1, 0.15) is 23.3 Å². The molecule has 39 heavy (non-hydrogen) atoms. The minimum absolute atomic E-state index is 0.129. The summed E-state index contributed by atoms with van der Waals surface area (Å²) in [5, 5.41) is 11.5. The van der Waals surface area contributed by atoms with Crippen LogP contribution in [0.3, 0.4) is 0 Å². The summed E-state index contributed by atoms with van der Waals surface area (Å²) in [6.07, 6.45) is 2.24. The van der Waals surface area contributed by atoms with Crippen LogP contribution in [-0.2, 0) is 14.3 Å². The molecule has 1 saturated heterocycles. The lowest BCUT2D eigenvalue weighted by molar-refractivity contribution is -0.132. The van der Waals surface area contributed by atoms with Gasteiger partial charge in [0.05, 0.1) is 42.2 Å². The lowest BCUT2D eigenvalue weighted by atomic mass is 9.97. The van der Waals surface area contributed by atoms with E-state index < -0.39 is 29.5 Å². The molecule has 0 saturated carbocycles. The molecule has 3 aromatic rings. The van der Waals surface area contributed by atoms with Crippen molar-refractivity contribution in [2.24, 2.45) is 0 Å². The number of ketones is 1. The maximum Gasteiger partial charge on any atom is 0.338 e. The number of anilines is 1. The first-order chi connectivity index (χ1) is 18.9. The van der Waals surface area contributed by atoms with Gasteiger partial charge in [0.2, 0.25) is 0 Å². The summed E-state index contributed by atoms with van der Waals surface area (Å²) in [5.41, 5.74) is 1.17. The Labute approximate surface area is 226 Å². The number of pyridine rings is 1. The monoisotopic (exact) mass is 530 g/mol. The highest BCUT2D eigenvalue weighted by atomic mass is 16.5. The number of esters is 1. The van der Waals surface area contributed by atoms with Crippen molar-refractivity contribution >= 4 is 29.1 Å². The van der Waals surface area contributed by atoms with Gasteiger partial charge in [0.15, 0.2) is 0 Å². The van der Waals surface area contributed by atoms with Gasteiger partial charge < -0.3 is 19.3 Å². The number of carbonyl (C=O) groups excluding carboxylic acids is 3. The number of hydrogen-bond donors (Lipinski definition) is 1. The lowest BCUT2D eigenvalue weighted by Gasteiger charge is -2.25. The van der Waals surface area contributed by atoms with Crippen LogP contribution >= 0.6 is 0 Å². The molecule has 2 heterocycles. The Balaban J connectivity index is 1.83. The number of aliphatic hydroxyl groups excluding tert-OH is 1. The molecule has 0 aliphatic carbocycles. The predicted molar refractivity (Wildman–Crippen MR) is 145 cm³/mol. The molecular formula is C30H30N2O7. The third kappa shape index (κ3) is 5.62. The van der Waals surface area contributed by atoms with E-state index in [2.05, 4.69) is 4.98 Å². The Hall–Kier alpha value is -4.66. The number of amides is 1. The van der Waals surface area contributed by atoms with E-state index in [0.717, 1.165) is 0 Å². The molecule has 0 bridgehead atoms. The summed E-state index contributed by atoms with van der Waals surface area (Å²) in [4.78, 5) is 44.8. The zero-order chi connectivity index (χ0) is 27.9. The van der Waals surface area contributed by atoms with E-state index in [4.69, 9.17) is 14.2 Å². The van der Waals surface area contributed by atoms with E-state index in [9.17, 15) is 19.5 Å². The average Bonchev–Trinajstić information content (AvgIpc) is 3.22. The zero-order valence-electron chi connectivity index (χ0n) is 22.0. The summed E-state index contributed by atoms with van der Waals surface area (Å²) in [7, 11) is 0. The molecular weight excluding hydrogens is 500 g/mol. The number of ether oxygens (including phenoxy) is 3. The van der Waals surface area contributed by atoms with Crippen molar-refractivity contribution in [3.05, 3.63) is 89.3 Å². The first-order valence-corrected chi connectivity index (χ1v) is 12.8. The van der Waals surface area contributed by atoms with Crippen LogP contribution in [0, 0.1) is 0 Å².